The van der Waals surface area contributed by atoms with Gasteiger partial charge in [0.1, 0.15) is 0 Å². The second kappa shape index (κ2) is 6.07. The van der Waals surface area contributed by atoms with E-state index in [9.17, 15) is 0 Å². The average Bonchev–Trinajstić information content (AvgIpc) is 3.39. The molecule has 0 spiro atoms. The minimum atomic E-state index is -0.198. The number of aromatic nitrogens is 3. The van der Waals surface area contributed by atoms with Crippen molar-refractivity contribution in [3.63, 3.8) is 0 Å². The van der Waals surface area contributed by atoms with Gasteiger partial charge in [0, 0.05) is 34.3 Å². The third kappa shape index (κ3) is 2.34. The van der Waals surface area contributed by atoms with E-state index in [0.29, 0.717) is 0 Å². The van der Waals surface area contributed by atoms with Crippen LogP contribution in [0, 0.1) is 0 Å². The average molecular weight is 355 g/mol. The molecule has 4 heteroatoms. The van der Waals surface area contributed by atoms with E-state index >= 15 is 0 Å². The normalized spacial score (nSPS) is 18.6. The first-order valence-electron chi connectivity index (χ1n) is 8.63. The van der Waals surface area contributed by atoms with Crippen LogP contribution in [0.1, 0.15) is 21.7 Å². The molecule has 26 heavy (non-hydrogen) atoms. The first-order valence-corrected chi connectivity index (χ1v) is 9.51. The standard InChI is InChI=1S/C22H17N3S/c1-3-7-16(8-4-1)21-18-11-12-22(13-19(18)24-25-21,20-14-23-15-26-20)17-9-5-2-6-10-17/h1-12,14-15H,13H2,(H,24,25). The molecule has 0 saturated carbocycles. The number of nitrogens with zero attached hydrogens (tertiary/aromatic N) is 2. The maximum Gasteiger partial charge on any atom is 0.0995 e. The summed E-state index contributed by atoms with van der Waals surface area (Å²) in [5.41, 5.74) is 7.50. The molecule has 0 aliphatic heterocycles. The Balaban J connectivity index is 1.65. The van der Waals surface area contributed by atoms with Crippen LogP contribution in [-0.2, 0) is 11.8 Å². The molecule has 1 aliphatic rings. The fourth-order valence-electron chi connectivity index (χ4n) is 3.76. The Kier molecular flexibility index (Phi) is 3.57. The van der Waals surface area contributed by atoms with E-state index in [-0.39, 0.29) is 5.41 Å². The van der Waals surface area contributed by atoms with Crippen molar-refractivity contribution >= 4 is 17.4 Å². The van der Waals surface area contributed by atoms with Gasteiger partial charge in [0.05, 0.1) is 16.6 Å². The molecular formula is C22H17N3S. The smallest absolute Gasteiger partial charge is 0.0995 e. The third-order valence-corrected chi connectivity index (χ3v) is 6.03. The van der Waals surface area contributed by atoms with Crippen LogP contribution in [-0.4, -0.2) is 15.2 Å². The summed E-state index contributed by atoms with van der Waals surface area (Å²) < 4.78 is 0. The van der Waals surface area contributed by atoms with E-state index < -0.39 is 0 Å². The summed E-state index contributed by atoms with van der Waals surface area (Å²) in [4.78, 5) is 5.59. The highest BCUT2D eigenvalue weighted by Crippen LogP contribution is 2.44. The molecule has 0 bridgehead atoms. The van der Waals surface area contributed by atoms with Crippen LogP contribution in [0.25, 0.3) is 17.3 Å². The number of H-pyrrole nitrogens is 1. The quantitative estimate of drug-likeness (QED) is 0.556. The summed E-state index contributed by atoms with van der Waals surface area (Å²) in [7, 11) is 0. The fraction of sp³-hybridized carbons (Fsp3) is 0.0909. The molecule has 0 radical (unpaired) electrons. The van der Waals surface area contributed by atoms with Gasteiger partial charge in [-0.05, 0) is 5.56 Å². The maximum absolute atomic E-state index is 4.62. The molecule has 1 N–H and O–H groups in total. The molecule has 1 aliphatic carbocycles. The maximum atomic E-state index is 4.62. The molecule has 2 aromatic carbocycles. The molecule has 1 unspecified atom stereocenters. The van der Waals surface area contributed by atoms with E-state index in [2.05, 4.69) is 81.9 Å². The Hall–Kier alpha value is -2.98. The SMILES string of the molecule is C1=CC(c2ccccc2)(c2cncs2)Cc2[nH]nc(-c3ccccc3)c21. The Bertz CT molecular complexity index is 1050. The summed E-state index contributed by atoms with van der Waals surface area (Å²) >= 11 is 1.70. The number of hydrogen-bond donors (Lipinski definition) is 1. The number of nitrogens with one attached hydrogen (secondary N) is 1. The summed E-state index contributed by atoms with van der Waals surface area (Å²) in [6.07, 6.45) is 7.38. The number of rotatable bonds is 3. The summed E-state index contributed by atoms with van der Waals surface area (Å²) in [6.45, 7) is 0. The molecule has 5 rings (SSSR count). The second-order valence-electron chi connectivity index (χ2n) is 6.54. The van der Waals surface area contributed by atoms with Gasteiger partial charge >= 0.3 is 0 Å². The van der Waals surface area contributed by atoms with Crippen molar-refractivity contribution in [2.24, 2.45) is 0 Å². The monoisotopic (exact) mass is 355 g/mol. The van der Waals surface area contributed by atoms with Crippen molar-refractivity contribution in [3.05, 3.63) is 100 Å². The van der Waals surface area contributed by atoms with E-state index in [0.717, 1.165) is 17.7 Å². The zero-order chi connectivity index (χ0) is 17.4. The lowest BCUT2D eigenvalue weighted by Gasteiger charge is -2.32. The molecule has 1 atom stereocenters. The molecule has 2 heterocycles. The number of fused-ring (bicyclic) bond motifs is 1. The first-order chi connectivity index (χ1) is 12.9. The summed E-state index contributed by atoms with van der Waals surface area (Å²) in [5, 5.41) is 7.91. The highest BCUT2D eigenvalue weighted by Gasteiger charge is 2.37. The van der Waals surface area contributed by atoms with Crippen LogP contribution >= 0.6 is 11.3 Å². The van der Waals surface area contributed by atoms with Crippen LogP contribution in [0.4, 0.5) is 0 Å². The van der Waals surface area contributed by atoms with E-state index in [1.807, 2.05) is 17.8 Å². The van der Waals surface area contributed by atoms with Gasteiger partial charge in [-0.3, -0.25) is 10.1 Å². The largest absolute Gasteiger partial charge is 0.281 e. The van der Waals surface area contributed by atoms with Gasteiger partial charge < -0.3 is 0 Å². The van der Waals surface area contributed by atoms with Gasteiger partial charge in [-0.1, -0.05) is 72.8 Å². The van der Waals surface area contributed by atoms with Crippen molar-refractivity contribution in [2.75, 3.05) is 0 Å². The third-order valence-electron chi connectivity index (χ3n) is 5.08. The van der Waals surface area contributed by atoms with Gasteiger partial charge in [-0.2, -0.15) is 5.10 Å². The molecule has 3 nitrogen and oxygen atoms in total. The molecule has 2 aromatic heterocycles. The predicted molar refractivity (Wildman–Crippen MR) is 106 cm³/mol. The minimum absolute atomic E-state index is 0.198. The van der Waals surface area contributed by atoms with Crippen LogP contribution in [0.3, 0.4) is 0 Å². The van der Waals surface area contributed by atoms with Crippen molar-refractivity contribution in [2.45, 2.75) is 11.8 Å². The number of thiazole rings is 1. The predicted octanol–water partition coefficient (Wildman–Crippen LogP) is 5.09. The Morgan fingerprint density at radius 2 is 1.73 bits per heavy atom. The molecule has 0 fully saturated rings. The second-order valence-corrected chi connectivity index (χ2v) is 7.43. The summed E-state index contributed by atoms with van der Waals surface area (Å²) in [6, 6.07) is 21.0. The van der Waals surface area contributed by atoms with Gasteiger partial charge in [-0.25, -0.2) is 0 Å². The first kappa shape index (κ1) is 15.3. The Labute approximate surface area is 156 Å². The van der Waals surface area contributed by atoms with Crippen LogP contribution in [0.15, 0.2) is 78.4 Å². The lowest BCUT2D eigenvalue weighted by molar-refractivity contribution is 0.631. The lowest BCUT2D eigenvalue weighted by Crippen LogP contribution is -2.29. The lowest BCUT2D eigenvalue weighted by atomic mass is 9.72. The number of aromatic amines is 1. The topological polar surface area (TPSA) is 41.6 Å². The van der Waals surface area contributed by atoms with Gasteiger partial charge in [0.15, 0.2) is 0 Å². The number of hydrogen-bond acceptors (Lipinski definition) is 3. The van der Waals surface area contributed by atoms with Crippen LogP contribution in [0.2, 0.25) is 0 Å². The zero-order valence-electron chi connectivity index (χ0n) is 14.1. The van der Waals surface area contributed by atoms with Gasteiger partial charge in [0.2, 0.25) is 0 Å². The molecular weight excluding hydrogens is 338 g/mol. The van der Waals surface area contributed by atoms with Crippen molar-refractivity contribution < 1.29 is 0 Å². The van der Waals surface area contributed by atoms with E-state index in [4.69, 9.17) is 0 Å². The molecule has 0 amide bonds. The van der Waals surface area contributed by atoms with Crippen molar-refractivity contribution in [3.8, 4) is 11.3 Å². The zero-order valence-corrected chi connectivity index (χ0v) is 14.9. The highest BCUT2D eigenvalue weighted by molar-refractivity contribution is 7.09. The molecule has 4 aromatic rings. The Morgan fingerprint density at radius 3 is 2.46 bits per heavy atom. The fourth-order valence-corrected chi connectivity index (χ4v) is 4.59. The van der Waals surface area contributed by atoms with Gasteiger partial charge in [0.25, 0.3) is 0 Å². The Morgan fingerprint density at radius 1 is 0.962 bits per heavy atom. The highest BCUT2D eigenvalue weighted by atomic mass is 32.1. The van der Waals surface area contributed by atoms with Crippen LogP contribution < -0.4 is 0 Å². The van der Waals surface area contributed by atoms with Crippen molar-refractivity contribution in [1.29, 1.82) is 0 Å². The number of benzene rings is 2. The van der Waals surface area contributed by atoms with Crippen molar-refractivity contribution in [1.82, 2.24) is 15.2 Å². The van der Waals surface area contributed by atoms with E-state index in [1.165, 1.54) is 21.7 Å². The van der Waals surface area contributed by atoms with E-state index in [1.54, 1.807) is 11.3 Å². The van der Waals surface area contributed by atoms with Gasteiger partial charge in [-0.15, -0.1) is 11.3 Å². The molecule has 126 valence electrons. The minimum Gasteiger partial charge on any atom is -0.281 e. The van der Waals surface area contributed by atoms with Crippen LogP contribution in [0.5, 0.6) is 0 Å². The number of allylic oxidation sites excluding steroid dienone is 1. The summed E-state index contributed by atoms with van der Waals surface area (Å²) in [5.74, 6) is 0. The molecule has 0 saturated heterocycles.